The summed E-state index contributed by atoms with van der Waals surface area (Å²) in [6, 6.07) is 6.68. The average Bonchev–Trinajstić information content (AvgIpc) is 2.36. The molecule has 1 aromatic carbocycles. The Morgan fingerprint density at radius 1 is 1.39 bits per heavy atom. The van der Waals surface area contributed by atoms with E-state index in [1.807, 2.05) is 13.0 Å². The fourth-order valence-corrected chi connectivity index (χ4v) is 1.45. The van der Waals surface area contributed by atoms with Gasteiger partial charge in [0.25, 0.3) is 0 Å². The van der Waals surface area contributed by atoms with Crippen LogP contribution < -0.4 is 5.32 Å². The minimum atomic E-state index is -0.947. The Labute approximate surface area is 106 Å². The molecule has 0 saturated carbocycles. The summed E-state index contributed by atoms with van der Waals surface area (Å²) in [6.45, 7) is 2.86. The zero-order valence-electron chi connectivity index (χ0n) is 10.3. The van der Waals surface area contributed by atoms with Gasteiger partial charge in [0.2, 0.25) is 5.91 Å². The van der Waals surface area contributed by atoms with Crippen molar-refractivity contribution in [3.05, 3.63) is 35.4 Å². The number of rotatable bonds is 7. The number of ether oxygens (including phenoxy) is 1. The van der Waals surface area contributed by atoms with Crippen molar-refractivity contribution >= 4 is 11.9 Å². The second-order valence-electron chi connectivity index (χ2n) is 3.74. The minimum absolute atomic E-state index is 0.0612. The van der Waals surface area contributed by atoms with Gasteiger partial charge < -0.3 is 15.2 Å². The molecule has 1 amide bonds. The number of carboxylic acids is 1. The lowest BCUT2D eigenvalue weighted by Gasteiger charge is -2.06. The molecule has 0 heterocycles. The Kier molecular flexibility index (Phi) is 5.87. The molecule has 0 aromatic heterocycles. The second-order valence-corrected chi connectivity index (χ2v) is 3.74. The second kappa shape index (κ2) is 7.45. The first-order chi connectivity index (χ1) is 8.63. The number of nitrogens with one attached hydrogen (secondary N) is 1. The highest BCUT2D eigenvalue weighted by Gasteiger charge is 2.04. The van der Waals surface area contributed by atoms with Crippen LogP contribution in [0.4, 0.5) is 0 Å². The van der Waals surface area contributed by atoms with Crippen molar-refractivity contribution in [3.8, 4) is 0 Å². The zero-order valence-corrected chi connectivity index (χ0v) is 10.3. The quantitative estimate of drug-likeness (QED) is 0.760. The Bertz CT molecular complexity index is 417. The van der Waals surface area contributed by atoms with Crippen LogP contribution >= 0.6 is 0 Å². The smallest absolute Gasteiger partial charge is 0.335 e. The lowest BCUT2D eigenvalue weighted by molar-refractivity contribution is -0.125. The first-order valence-electron chi connectivity index (χ1n) is 5.80. The predicted octanol–water partition coefficient (Wildman–Crippen LogP) is 1.08. The molecule has 18 heavy (non-hydrogen) atoms. The molecule has 1 rings (SSSR count). The normalized spacial score (nSPS) is 10.1. The Morgan fingerprint density at radius 3 is 2.83 bits per heavy atom. The molecule has 0 fully saturated rings. The van der Waals surface area contributed by atoms with E-state index in [1.54, 1.807) is 18.2 Å². The summed E-state index contributed by atoms with van der Waals surface area (Å²) in [6.07, 6.45) is 0.596. The van der Waals surface area contributed by atoms with Gasteiger partial charge in [0.05, 0.1) is 5.56 Å². The largest absolute Gasteiger partial charge is 0.478 e. The van der Waals surface area contributed by atoms with E-state index in [9.17, 15) is 9.59 Å². The van der Waals surface area contributed by atoms with Gasteiger partial charge in [0, 0.05) is 13.2 Å². The van der Waals surface area contributed by atoms with Crippen molar-refractivity contribution in [2.24, 2.45) is 0 Å². The number of carbonyl (C=O) groups is 2. The SMILES string of the molecule is CCOCC(=O)NCCc1cccc(C(=O)O)c1. The summed E-state index contributed by atoms with van der Waals surface area (Å²) >= 11 is 0. The molecule has 0 atom stereocenters. The van der Waals surface area contributed by atoms with Crippen LogP contribution in [0.5, 0.6) is 0 Å². The van der Waals surface area contributed by atoms with Gasteiger partial charge in [-0.05, 0) is 31.0 Å². The van der Waals surface area contributed by atoms with Crippen molar-refractivity contribution in [3.63, 3.8) is 0 Å². The van der Waals surface area contributed by atoms with E-state index in [0.717, 1.165) is 5.56 Å². The van der Waals surface area contributed by atoms with Crippen molar-refractivity contribution in [1.29, 1.82) is 0 Å². The number of carbonyl (C=O) groups excluding carboxylic acids is 1. The third kappa shape index (κ3) is 4.97. The van der Waals surface area contributed by atoms with Gasteiger partial charge in [-0.3, -0.25) is 4.79 Å². The molecule has 0 spiro atoms. The third-order valence-electron chi connectivity index (χ3n) is 2.35. The molecule has 0 aliphatic heterocycles. The van der Waals surface area contributed by atoms with E-state index >= 15 is 0 Å². The summed E-state index contributed by atoms with van der Waals surface area (Å²) in [5.41, 5.74) is 1.14. The molecule has 0 radical (unpaired) electrons. The van der Waals surface area contributed by atoms with Crippen LogP contribution in [-0.2, 0) is 16.0 Å². The summed E-state index contributed by atoms with van der Waals surface area (Å²) in [7, 11) is 0. The van der Waals surface area contributed by atoms with Gasteiger partial charge in [0.1, 0.15) is 6.61 Å². The maximum atomic E-state index is 11.2. The topological polar surface area (TPSA) is 75.6 Å². The van der Waals surface area contributed by atoms with Crippen LogP contribution in [0.15, 0.2) is 24.3 Å². The molecule has 5 heteroatoms. The minimum Gasteiger partial charge on any atom is -0.478 e. The van der Waals surface area contributed by atoms with E-state index in [1.165, 1.54) is 0 Å². The van der Waals surface area contributed by atoms with Crippen molar-refractivity contribution < 1.29 is 19.4 Å². The number of hydrogen-bond acceptors (Lipinski definition) is 3. The van der Waals surface area contributed by atoms with Crippen molar-refractivity contribution in [2.45, 2.75) is 13.3 Å². The predicted molar refractivity (Wildman–Crippen MR) is 66.6 cm³/mol. The molecule has 0 bridgehead atoms. The summed E-state index contributed by atoms with van der Waals surface area (Å²) < 4.78 is 4.96. The average molecular weight is 251 g/mol. The van der Waals surface area contributed by atoms with E-state index in [4.69, 9.17) is 9.84 Å². The molecular formula is C13H17NO4. The van der Waals surface area contributed by atoms with Crippen LogP contribution in [0, 0.1) is 0 Å². The number of carboxylic acid groups (broad SMARTS) is 1. The Balaban J connectivity index is 2.37. The van der Waals surface area contributed by atoms with Crippen molar-refractivity contribution in [1.82, 2.24) is 5.32 Å². The van der Waals surface area contributed by atoms with Gasteiger partial charge in [-0.2, -0.15) is 0 Å². The van der Waals surface area contributed by atoms with E-state index in [2.05, 4.69) is 5.32 Å². The number of hydrogen-bond donors (Lipinski definition) is 2. The first-order valence-corrected chi connectivity index (χ1v) is 5.80. The number of amides is 1. The monoisotopic (exact) mass is 251 g/mol. The molecular weight excluding hydrogens is 234 g/mol. The van der Waals surface area contributed by atoms with Gasteiger partial charge in [0.15, 0.2) is 0 Å². The molecule has 0 aliphatic rings. The van der Waals surface area contributed by atoms with Crippen LogP contribution in [0.25, 0.3) is 0 Å². The first kappa shape index (κ1) is 14.2. The van der Waals surface area contributed by atoms with Gasteiger partial charge in [-0.1, -0.05) is 12.1 Å². The third-order valence-corrected chi connectivity index (χ3v) is 2.35. The number of aromatic carboxylic acids is 1. The number of benzene rings is 1. The van der Waals surface area contributed by atoms with Crippen LogP contribution in [0.1, 0.15) is 22.8 Å². The van der Waals surface area contributed by atoms with E-state index < -0.39 is 5.97 Å². The van der Waals surface area contributed by atoms with E-state index in [-0.39, 0.29) is 18.1 Å². The summed E-state index contributed by atoms with van der Waals surface area (Å²) in [5, 5.41) is 11.5. The molecule has 0 aliphatic carbocycles. The summed E-state index contributed by atoms with van der Waals surface area (Å²) in [4.78, 5) is 22.0. The highest BCUT2D eigenvalue weighted by atomic mass is 16.5. The van der Waals surface area contributed by atoms with Gasteiger partial charge >= 0.3 is 5.97 Å². The maximum Gasteiger partial charge on any atom is 0.335 e. The molecule has 0 unspecified atom stereocenters. The lowest BCUT2D eigenvalue weighted by atomic mass is 10.1. The maximum absolute atomic E-state index is 11.2. The highest BCUT2D eigenvalue weighted by molar-refractivity contribution is 5.87. The highest BCUT2D eigenvalue weighted by Crippen LogP contribution is 2.05. The fourth-order valence-electron chi connectivity index (χ4n) is 1.45. The lowest BCUT2D eigenvalue weighted by Crippen LogP contribution is -2.29. The van der Waals surface area contributed by atoms with E-state index in [0.29, 0.717) is 19.6 Å². The van der Waals surface area contributed by atoms with Crippen LogP contribution in [-0.4, -0.2) is 36.7 Å². The molecule has 0 saturated heterocycles. The van der Waals surface area contributed by atoms with Crippen LogP contribution in [0.2, 0.25) is 0 Å². The van der Waals surface area contributed by atoms with Gasteiger partial charge in [-0.15, -0.1) is 0 Å². The Morgan fingerprint density at radius 2 is 2.17 bits per heavy atom. The van der Waals surface area contributed by atoms with Crippen LogP contribution in [0.3, 0.4) is 0 Å². The standard InChI is InChI=1S/C13H17NO4/c1-2-18-9-12(15)14-7-6-10-4-3-5-11(8-10)13(16)17/h3-5,8H,2,6-7,9H2,1H3,(H,14,15)(H,16,17). The summed E-state index contributed by atoms with van der Waals surface area (Å²) in [5.74, 6) is -1.11. The van der Waals surface area contributed by atoms with Crippen molar-refractivity contribution in [2.75, 3.05) is 19.8 Å². The molecule has 1 aromatic rings. The molecule has 2 N–H and O–H groups in total. The molecule has 98 valence electrons. The van der Waals surface area contributed by atoms with Gasteiger partial charge in [-0.25, -0.2) is 4.79 Å². The Hall–Kier alpha value is -1.88. The molecule has 5 nitrogen and oxygen atoms in total. The zero-order chi connectivity index (χ0) is 13.4. The fraction of sp³-hybridized carbons (Fsp3) is 0.385.